The van der Waals surface area contributed by atoms with E-state index in [4.69, 9.17) is 4.74 Å². The number of nitrogens with zero attached hydrogens (tertiary/aromatic N) is 2. The lowest BCUT2D eigenvalue weighted by atomic mass is 9.84. The van der Waals surface area contributed by atoms with Crippen LogP contribution in [0.3, 0.4) is 0 Å². The number of amidine groups is 1. The van der Waals surface area contributed by atoms with Gasteiger partial charge in [0.05, 0.1) is 11.3 Å². The molecule has 30 heavy (non-hydrogen) atoms. The van der Waals surface area contributed by atoms with E-state index in [1.165, 1.54) is 18.2 Å². The Morgan fingerprint density at radius 2 is 1.90 bits per heavy atom. The van der Waals surface area contributed by atoms with Crippen molar-refractivity contribution in [2.45, 2.75) is 31.7 Å². The molecule has 2 aromatic carbocycles. The highest BCUT2D eigenvalue weighted by atomic mass is 19.1. The minimum atomic E-state index is -0.603. The summed E-state index contributed by atoms with van der Waals surface area (Å²) in [7, 11) is 0. The van der Waals surface area contributed by atoms with Gasteiger partial charge in [0, 0.05) is 0 Å². The molecule has 1 fully saturated rings. The number of halogens is 2. The molecule has 1 saturated heterocycles. The Morgan fingerprint density at radius 3 is 2.63 bits per heavy atom. The summed E-state index contributed by atoms with van der Waals surface area (Å²) in [5, 5.41) is 7.45. The van der Waals surface area contributed by atoms with Gasteiger partial charge in [-0.25, -0.2) is 14.2 Å². The Kier molecular flexibility index (Phi) is 4.66. The van der Waals surface area contributed by atoms with Crippen LogP contribution in [0.15, 0.2) is 35.4 Å². The van der Waals surface area contributed by atoms with Crippen LogP contribution in [0.4, 0.5) is 14.5 Å². The van der Waals surface area contributed by atoms with Crippen molar-refractivity contribution in [2.75, 3.05) is 24.6 Å². The third kappa shape index (κ3) is 3.02. The molecular formula is C22H22F2N4O2. The van der Waals surface area contributed by atoms with Crippen LogP contribution in [-0.2, 0) is 4.79 Å². The number of amides is 1. The summed E-state index contributed by atoms with van der Waals surface area (Å²) >= 11 is 0. The molecule has 1 amide bonds. The van der Waals surface area contributed by atoms with Crippen LogP contribution in [0.1, 0.15) is 31.2 Å². The summed E-state index contributed by atoms with van der Waals surface area (Å²) in [5.41, 5.74) is 4.54. The number of nitrogens with one attached hydrogen (secondary N) is 2. The van der Waals surface area contributed by atoms with Gasteiger partial charge < -0.3 is 15.0 Å². The standard InChI is InChI=1S/C22H22F2N4O2/c1-12-22(29)27-26-20-11-30-19-10-15(21-16(23)3-2-4-17(21)24)14(9-18(19)28(12)20)13-5-7-25-8-6-13/h2-4,9-10,12-13,25H,5-8,11H2,1H3,(H,27,29). The van der Waals surface area contributed by atoms with Crippen molar-refractivity contribution in [3.05, 3.63) is 47.5 Å². The third-order valence-corrected chi connectivity index (χ3v) is 6.10. The largest absolute Gasteiger partial charge is 0.483 e. The zero-order valence-electron chi connectivity index (χ0n) is 16.5. The number of carbonyl (C=O) groups excluding carboxylic acids is 1. The van der Waals surface area contributed by atoms with Gasteiger partial charge in [-0.1, -0.05) is 6.07 Å². The summed E-state index contributed by atoms with van der Waals surface area (Å²) < 4.78 is 35.3. The minimum Gasteiger partial charge on any atom is -0.483 e. The number of ether oxygens (including phenoxy) is 1. The second-order valence-electron chi connectivity index (χ2n) is 7.87. The molecule has 3 heterocycles. The molecule has 8 heteroatoms. The number of piperidine rings is 1. The van der Waals surface area contributed by atoms with Crippen LogP contribution in [0.5, 0.6) is 5.75 Å². The number of hydrazone groups is 1. The molecular weight excluding hydrogens is 390 g/mol. The first-order chi connectivity index (χ1) is 14.5. The van der Waals surface area contributed by atoms with Gasteiger partial charge in [0.25, 0.3) is 5.91 Å². The Morgan fingerprint density at radius 1 is 1.17 bits per heavy atom. The van der Waals surface area contributed by atoms with Crippen molar-refractivity contribution in [3.8, 4) is 16.9 Å². The van der Waals surface area contributed by atoms with Crippen LogP contribution in [-0.4, -0.2) is 37.5 Å². The van der Waals surface area contributed by atoms with E-state index in [0.717, 1.165) is 31.5 Å². The molecule has 1 unspecified atom stereocenters. The summed E-state index contributed by atoms with van der Waals surface area (Å²) in [6.07, 6.45) is 1.72. The molecule has 0 saturated carbocycles. The smallest absolute Gasteiger partial charge is 0.262 e. The van der Waals surface area contributed by atoms with Crippen LogP contribution in [0.25, 0.3) is 11.1 Å². The second-order valence-corrected chi connectivity index (χ2v) is 7.87. The molecule has 2 N–H and O–H groups in total. The van der Waals surface area contributed by atoms with Gasteiger partial charge >= 0.3 is 0 Å². The maximum Gasteiger partial charge on any atom is 0.262 e. The first-order valence-electron chi connectivity index (χ1n) is 10.2. The molecule has 0 bridgehead atoms. The first kappa shape index (κ1) is 19.0. The number of benzene rings is 2. The van der Waals surface area contributed by atoms with Gasteiger partial charge in [0.2, 0.25) is 0 Å². The van der Waals surface area contributed by atoms with Crippen LogP contribution >= 0.6 is 0 Å². The van der Waals surface area contributed by atoms with Crippen molar-refractivity contribution < 1.29 is 18.3 Å². The van der Waals surface area contributed by atoms with E-state index in [2.05, 4.69) is 15.8 Å². The molecule has 2 aromatic rings. The van der Waals surface area contributed by atoms with Crippen LogP contribution < -0.4 is 20.4 Å². The zero-order chi connectivity index (χ0) is 20.8. The number of fused-ring (bicyclic) bond motifs is 3. The fraction of sp³-hybridized carbons (Fsp3) is 0.364. The van der Waals surface area contributed by atoms with Gasteiger partial charge in [-0.05, 0) is 74.2 Å². The van der Waals surface area contributed by atoms with E-state index < -0.39 is 17.7 Å². The average molecular weight is 412 g/mol. The molecule has 0 radical (unpaired) electrons. The van der Waals surface area contributed by atoms with Crippen molar-refractivity contribution in [3.63, 3.8) is 0 Å². The highest BCUT2D eigenvalue weighted by molar-refractivity contribution is 6.09. The maximum atomic E-state index is 14.7. The second kappa shape index (κ2) is 7.36. The molecule has 156 valence electrons. The van der Waals surface area contributed by atoms with E-state index in [-0.39, 0.29) is 24.0 Å². The Labute approximate surface area is 172 Å². The quantitative estimate of drug-likeness (QED) is 0.796. The van der Waals surface area contributed by atoms with Gasteiger partial charge in [-0.15, -0.1) is 0 Å². The Hall–Kier alpha value is -3.00. The molecule has 0 aromatic heterocycles. The monoisotopic (exact) mass is 412 g/mol. The van der Waals surface area contributed by atoms with E-state index in [0.29, 0.717) is 22.8 Å². The predicted molar refractivity (Wildman–Crippen MR) is 110 cm³/mol. The molecule has 5 rings (SSSR count). The number of rotatable bonds is 2. The molecule has 3 aliphatic heterocycles. The van der Waals surface area contributed by atoms with E-state index in [1.54, 1.807) is 13.0 Å². The van der Waals surface area contributed by atoms with Gasteiger partial charge in [-0.3, -0.25) is 4.79 Å². The lowest BCUT2D eigenvalue weighted by Crippen LogP contribution is -2.55. The number of anilines is 1. The summed E-state index contributed by atoms with van der Waals surface area (Å²) in [6, 6.07) is 7.08. The fourth-order valence-corrected chi connectivity index (χ4v) is 4.53. The van der Waals surface area contributed by atoms with Crippen molar-refractivity contribution in [1.82, 2.24) is 10.7 Å². The van der Waals surface area contributed by atoms with E-state index >= 15 is 0 Å². The highest BCUT2D eigenvalue weighted by Gasteiger charge is 2.36. The minimum absolute atomic E-state index is 0.0404. The number of hydrogen-bond acceptors (Lipinski definition) is 5. The van der Waals surface area contributed by atoms with Crippen LogP contribution in [0.2, 0.25) is 0 Å². The Balaban J connectivity index is 1.72. The topological polar surface area (TPSA) is 66.0 Å². The summed E-state index contributed by atoms with van der Waals surface area (Å²) in [6.45, 7) is 3.65. The summed E-state index contributed by atoms with van der Waals surface area (Å²) in [4.78, 5) is 14.1. The van der Waals surface area contributed by atoms with Gasteiger partial charge in [-0.2, -0.15) is 5.10 Å². The molecule has 6 nitrogen and oxygen atoms in total. The zero-order valence-corrected chi connectivity index (χ0v) is 16.5. The molecule has 1 atom stereocenters. The SMILES string of the molecule is CC1C(=O)NN=C2COc3cc(-c4c(F)cccc4F)c(C4CCNCC4)cc3N21. The lowest BCUT2D eigenvalue weighted by molar-refractivity contribution is -0.122. The number of hydrogen-bond donors (Lipinski definition) is 2. The molecule has 0 spiro atoms. The fourth-order valence-electron chi connectivity index (χ4n) is 4.53. The predicted octanol–water partition coefficient (Wildman–Crippen LogP) is 3.13. The Bertz CT molecular complexity index is 1030. The van der Waals surface area contributed by atoms with Gasteiger partial charge in [0.1, 0.15) is 30.0 Å². The van der Waals surface area contributed by atoms with Crippen molar-refractivity contribution in [2.24, 2.45) is 5.10 Å². The summed E-state index contributed by atoms with van der Waals surface area (Å²) in [5.74, 6) is -0.176. The van der Waals surface area contributed by atoms with Crippen molar-refractivity contribution >= 4 is 17.4 Å². The highest BCUT2D eigenvalue weighted by Crippen LogP contribution is 2.45. The lowest BCUT2D eigenvalue weighted by Gasteiger charge is -2.39. The molecule has 3 aliphatic rings. The third-order valence-electron chi connectivity index (χ3n) is 6.10. The van der Waals surface area contributed by atoms with Crippen molar-refractivity contribution in [1.29, 1.82) is 0 Å². The maximum absolute atomic E-state index is 14.7. The van der Waals surface area contributed by atoms with Crippen LogP contribution in [0, 0.1) is 11.6 Å². The average Bonchev–Trinajstić information content (AvgIpc) is 2.76. The van der Waals surface area contributed by atoms with Gasteiger partial charge in [0.15, 0.2) is 5.84 Å². The van der Waals surface area contributed by atoms with E-state index in [1.807, 2.05) is 11.0 Å². The van der Waals surface area contributed by atoms with E-state index in [9.17, 15) is 13.6 Å². The molecule has 0 aliphatic carbocycles. The number of carbonyl (C=O) groups is 1. The first-order valence-corrected chi connectivity index (χ1v) is 10.2. The normalized spacial score (nSPS) is 21.3.